The summed E-state index contributed by atoms with van der Waals surface area (Å²) in [5.74, 6) is 0.948. The van der Waals surface area contributed by atoms with Crippen molar-refractivity contribution in [2.75, 3.05) is 7.11 Å². The third-order valence-electron chi connectivity index (χ3n) is 3.13. The van der Waals surface area contributed by atoms with Crippen LogP contribution in [0.3, 0.4) is 0 Å². The number of ether oxygens (including phenoxy) is 1. The van der Waals surface area contributed by atoms with Crippen LogP contribution in [-0.2, 0) is 0 Å². The van der Waals surface area contributed by atoms with E-state index in [0.29, 0.717) is 4.73 Å². The quantitative estimate of drug-likeness (QED) is 0.791. The van der Waals surface area contributed by atoms with Crippen molar-refractivity contribution in [2.45, 2.75) is 20.8 Å². The molecule has 1 heterocycles. The molecule has 1 aromatic carbocycles. The number of hydrogen-bond acceptors (Lipinski definition) is 3. The number of nitrogens with zero attached hydrogens (tertiary/aromatic N) is 2. The second-order valence-electron chi connectivity index (χ2n) is 4.24. The Hall–Kier alpha value is -1.42. The molecule has 0 atom stereocenters. The molecule has 3 nitrogen and oxygen atoms in total. The normalized spacial score (nSPS) is 10.5. The SMILES string of the molecule is COc1c(C)cc(-c2ccnc(Br)n2)c(C)c1C. The van der Waals surface area contributed by atoms with Gasteiger partial charge in [0.05, 0.1) is 12.8 Å². The molecule has 0 saturated heterocycles. The van der Waals surface area contributed by atoms with Gasteiger partial charge in [-0.2, -0.15) is 0 Å². The van der Waals surface area contributed by atoms with E-state index in [4.69, 9.17) is 4.74 Å². The largest absolute Gasteiger partial charge is 0.496 e. The van der Waals surface area contributed by atoms with E-state index < -0.39 is 0 Å². The maximum atomic E-state index is 5.43. The Morgan fingerprint density at radius 2 is 1.89 bits per heavy atom. The minimum atomic E-state index is 0.602. The Bertz CT molecular complexity index is 597. The van der Waals surface area contributed by atoms with Gasteiger partial charge in [0.25, 0.3) is 0 Å². The summed E-state index contributed by atoms with van der Waals surface area (Å²) < 4.78 is 6.03. The Morgan fingerprint density at radius 3 is 2.50 bits per heavy atom. The van der Waals surface area contributed by atoms with Crippen molar-refractivity contribution in [1.29, 1.82) is 0 Å². The standard InChI is InChI=1S/C14H15BrN2O/c1-8-7-11(9(2)10(3)13(8)18-4)12-5-6-16-14(15)17-12/h5-7H,1-4H3. The van der Waals surface area contributed by atoms with Crippen LogP contribution in [0.5, 0.6) is 5.75 Å². The van der Waals surface area contributed by atoms with Gasteiger partial charge in [0.15, 0.2) is 4.73 Å². The van der Waals surface area contributed by atoms with Gasteiger partial charge < -0.3 is 4.74 Å². The lowest BCUT2D eigenvalue weighted by Gasteiger charge is -2.15. The molecule has 0 radical (unpaired) electrons. The van der Waals surface area contributed by atoms with Crippen molar-refractivity contribution in [2.24, 2.45) is 0 Å². The number of halogens is 1. The van der Waals surface area contributed by atoms with Crippen LogP contribution in [0.25, 0.3) is 11.3 Å². The maximum Gasteiger partial charge on any atom is 0.197 e. The second kappa shape index (κ2) is 5.06. The first-order valence-corrected chi connectivity index (χ1v) is 6.47. The van der Waals surface area contributed by atoms with Crippen molar-refractivity contribution in [3.05, 3.63) is 39.8 Å². The molecule has 2 aromatic rings. The van der Waals surface area contributed by atoms with Crippen LogP contribution in [0.1, 0.15) is 16.7 Å². The molecule has 0 N–H and O–H groups in total. The fraction of sp³-hybridized carbons (Fsp3) is 0.286. The lowest BCUT2D eigenvalue weighted by atomic mass is 9.96. The van der Waals surface area contributed by atoms with E-state index in [2.05, 4.69) is 45.8 Å². The average Bonchev–Trinajstić information content (AvgIpc) is 2.34. The number of aryl methyl sites for hydroxylation is 1. The molecule has 0 bridgehead atoms. The predicted molar refractivity (Wildman–Crippen MR) is 75.9 cm³/mol. The summed E-state index contributed by atoms with van der Waals surface area (Å²) in [6.45, 7) is 6.20. The van der Waals surface area contributed by atoms with E-state index in [9.17, 15) is 0 Å². The van der Waals surface area contributed by atoms with E-state index in [0.717, 1.165) is 28.1 Å². The van der Waals surface area contributed by atoms with Crippen LogP contribution >= 0.6 is 15.9 Å². The molecule has 2 rings (SSSR count). The highest BCUT2D eigenvalue weighted by Crippen LogP contribution is 2.33. The van der Waals surface area contributed by atoms with E-state index in [1.165, 1.54) is 5.56 Å². The lowest BCUT2D eigenvalue weighted by molar-refractivity contribution is 0.408. The van der Waals surface area contributed by atoms with Gasteiger partial charge in [-0.25, -0.2) is 9.97 Å². The first-order valence-electron chi connectivity index (χ1n) is 5.68. The van der Waals surface area contributed by atoms with Crippen LogP contribution in [0.2, 0.25) is 0 Å². The molecule has 0 aliphatic rings. The number of hydrogen-bond donors (Lipinski definition) is 0. The molecular weight excluding hydrogens is 292 g/mol. The molecule has 1 aromatic heterocycles. The van der Waals surface area contributed by atoms with E-state index in [1.54, 1.807) is 13.3 Å². The molecule has 0 spiro atoms. The topological polar surface area (TPSA) is 35.0 Å². The zero-order valence-corrected chi connectivity index (χ0v) is 12.5. The van der Waals surface area contributed by atoms with Crippen molar-refractivity contribution in [1.82, 2.24) is 9.97 Å². The van der Waals surface area contributed by atoms with Crippen LogP contribution in [-0.4, -0.2) is 17.1 Å². The molecule has 18 heavy (non-hydrogen) atoms. The molecule has 0 saturated carbocycles. The third-order valence-corrected chi connectivity index (χ3v) is 3.51. The lowest BCUT2D eigenvalue weighted by Crippen LogP contribution is -1.98. The minimum Gasteiger partial charge on any atom is -0.496 e. The third kappa shape index (κ3) is 2.25. The molecule has 0 aliphatic heterocycles. The zero-order valence-electron chi connectivity index (χ0n) is 10.9. The predicted octanol–water partition coefficient (Wildman–Crippen LogP) is 3.84. The van der Waals surface area contributed by atoms with Gasteiger partial charge in [0.2, 0.25) is 0 Å². The van der Waals surface area contributed by atoms with E-state index >= 15 is 0 Å². The van der Waals surface area contributed by atoms with Gasteiger partial charge in [0, 0.05) is 11.8 Å². The summed E-state index contributed by atoms with van der Waals surface area (Å²) >= 11 is 3.30. The molecule has 0 fully saturated rings. The molecule has 0 aliphatic carbocycles. The van der Waals surface area contributed by atoms with Gasteiger partial charge in [-0.05, 0) is 65.5 Å². The van der Waals surface area contributed by atoms with Crippen LogP contribution in [0.4, 0.5) is 0 Å². The van der Waals surface area contributed by atoms with Crippen LogP contribution < -0.4 is 4.74 Å². The van der Waals surface area contributed by atoms with Crippen molar-refractivity contribution in [3.63, 3.8) is 0 Å². The van der Waals surface area contributed by atoms with Gasteiger partial charge in [-0.1, -0.05) is 0 Å². The summed E-state index contributed by atoms with van der Waals surface area (Å²) in [5.41, 5.74) is 5.49. The van der Waals surface area contributed by atoms with Gasteiger partial charge in [-0.3, -0.25) is 0 Å². The van der Waals surface area contributed by atoms with E-state index in [1.807, 2.05) is 13.0 Å². The number of rotatable bonds is 2. The Balaban J connectivity index is 2.66. The van der Waals surface area contributed by atoms with Gasteiger partial charge in [-0.15, -0.1) is 0 Å². The average molecular weight is 307 g/mol. The highest BCUT2D eigenvalue weighted by atomic mass is 79.9. The van der Waals surface area contributed by atoms with Crippen LogP contribution in [0, 0.1) is 20.8 Å². The van der Waals surface area contributed by atoms with Gasteiger partial charge in [0.1, 0.15) is 5.75 Å². The monoisotopic (exact) mass is 306 g/mol. The minimum absolute atomic E-state index is 0.602. The highest BCUT2D eigenvalue weighted by Gasteiger charge is 2.13. The Kier molecular flexibility index (Phi) is 3.66. The molecule has 4 heteroatoms. The fourth-order valence-corrected chi connectivity index (χ4v) is 2.43. The smallest absolute Gasteiger partial charge is 0.197 e. The van der Waals surface area contributed by atoms with Crippen molar-refractivity contribution in [3.8, 4) is 17.0 Å². The number of benzene rings is 1. The first-order chi connectivity index (χ1) is 8.54. The Morgan fingerprint density at radius 1 is 1.17 bits per heavy atom. The second-order valence-corrected chi connectivity index (χ2v) is 4.94. The van der Waals surface area contributed by atoms with E-state index in [-0.39, 0.29) is 0 Å². The molecule has 0 unspecified atom stereocenters. The van der Waals surface area contributed by atoms with Gasteiger partial charge >= 0.3 is 0 Å². The maximum absolute atomic E-state index is 5.43. The van der Waals surface area contributed by atoms with Crippen molar-refractivity contribution < 1.29 is 4.74 Å². The number of aromatic nitrogens is 2. The highest BCUT2D eigenvalue weighted by molar-refractivity contribution is 9.10. The summed E-state index contributed by atoms with van der Waals surface area (Å²) in [4.78, 5) is 8.46. The summed E-state index contributed by atoms with van der Waals surface area (Å²) in [6, 6.07) is 4.02. The Labute approximate surface area is 115 Å². The molecule has 0 amide bonds. The van der Waals surface area contributed by atoms with Crippen LogP contribution in [0.15, 0.2) is 23.1 Å². The number of methoxy groups -OCH3 is 1. The summed E-state index contributed by atoms with van der Waals surface area (Å²) in [6.07, 6.45) is 1.75. The summed E-state index contributed by atoms with van der Waals surface area (Å²) in [7, 11) is 1.70. The summed E-state index contributed by atoms with van der Waals surface area (Å²) in [5, 5.41) is 0. The molecule has 94 valence electrons. The first kappa shape index (κ1) is 13.0. The zero-order chi connectivity index (χ0) is 13.3. The van der Waals surface area contributed by atoms with Crippen molar-refractivity contribution >= 4 is 15.9 Å². The fourth-order valence-electron chi connectivity index (χ4n) is 2.12. The molecular formula is C14H15BrN2O.